The standard InChI is InChI=1S/C14H18ClNO4S2/c1-20-14(17)11-8-9-4-2-3-5-10(9)16(11)22(18,19)13-7-6-12(15)21-13/h6-7,9-11H,2-5,8H2,1H3. The van der Waals surface area contributed by atoms with E-state index in [0.717, 1.165) is 37.0 Å². The summed E-state index contributed by atoms with van der Waals surface area (Å²) in [6.07, 6.45) is 4.40. The SMILES string of the molecule is COC(=O)C1CC2CCCCC2N1S(=O)(=O)c1ccc(Cl)s1. The number of rotatable bonds is 3. The molecular weight excluding hydrogens is 346 g/mol. The number of hydrogen-bond acceptors (Lipinski definition) is 5. The predicted molar refractivity (Wildman–Crippen MR) is 84.5 cm³/mol. The Balaban J connectivity index is 2.01. The number of carbonyl (C=O) groups excluding carboxylic acids is 1. The second kappa shape index (κ2) is 6.11. The third-order valence-corrected chi connectivity index (χ3v) is 8.22. The summed E-state index contributed by atoms with van der Waals surface area (Å²) in [5, 5.41) is 0. The van der Waals surface area contributed by atoms with Crippen LogP contribution in [0.5, 0.6) is 0 Å². The van der Waals surface area contributed by atoms with Gasteiger partial charge in [-0.3, -0.25) is 4.79 Å². The molecule has 2 heterocycles. The van der Waals surface area contributed by atoms with Gasteiger partial charge >= 0.3 is 5.97 Å². The first kappa shape index (κ1) is 16.2. The van der Waals surface area contributed by atoms with Crippen LogP contribution >= 0.6 is 22.9 Å². The minimum absolute atomic E-state index is 0.108. The minimum Gasteiger partial charge on any atom is -0.468 e. The van der Waals surface area contributed by atoms with Gasteiger partial charge in [-0.05, 0) is 37.3 Å². The minimum atomic E-state index is -3.73. The van der Waals surface area contributed by atoms with Crippen LogP contribution in [-0.2, 0) is 19.6 Å². The fourth-order valence-electron chi connectivity index (χ4n) is 3.64. The second-order valence-corrected chi connectivity index (χ2v) is 9.57. The molecule has 0 N–H and O–H groups in total. The van der Waals surface area contributed by atoms with E-state index in [9.17, 15) is 13.2 Å². The Labute approximate surface area is 139 Å². The molecule has 22 heavy (non-hydrogen) atoms. The van der Waals surface area contributed by atoms with E-state index in [0.29, 0.717) is 10.8 Å². The van der Waals surface area contributed by atoms with Gasteiger partial charge in [-0.1, -0.05) is 24.4 Å². The lowest BCUT2D eigenvalue weighted by Crippen LogP contribution is -2.46. The van der Waals surface area contributed by atoms with Crippen LogP contribution in [-0.4, -0.2) is 37.9 Å². The van der Waals surface area contributed by atoms with Crippen LogP contribution in [0, 0.1) is 5.92 Å². The van der Waals surface area contributed by atoms with Gasteiger partial charge in [-0.15, -0.1) is 11.3 Å². The van der Waals surface area contributed by atoms with Crippen molar-refractivity contribution in [2.24, 2.45) is 5.92 Å². The van der Waals surface area contributed by atoms with Crippen molar-refractivity contribution in [3.8, 4) is 0 Å². The third kappa shape index (κ3) is 2.68. The van der Waals surface area contributed by atoms with Crippen LogP contribution in [0.25, 0.3) is 0 Å². The topological polar surface area (TPSA) is 63.7 Å². The van der Waals surface area contributed by atoms with Crippen LogP contribution in [0.15, 0.2) is 16.3 Å². The highest BCUT2D eigenvalue weighted by molar-refractivity contribution is 7.91. The molecule has 0 spiro atoms. The highest BCUT2D eigenvalue weighted by Gasteiger charge is 2.51. The number of ether oxygens (including phenoxy) is 1. The molecular formula is C14H18ClNO4S2. The number of sulfonamides is 1. The summed E-state index contributed by atoms with van der Waals surface area (Å²) in [4.78, 5) is 12.1. The number of esters is 1. The van der Waals surface area contributed by atoms with Crippen molar-refractivity contribution in [1.29, 1.82) is 0 Å². The van der Waals surface area contributed by atoms with Crippen LogP contribution in [0.4, 0.5) is 0 Å². The molecule has 1 aliphatic carbocycles. The monoisotopic (exact) mass is 363 g/mol. The summed E-state index contributed by atoms with van der Waals surface area (Å²) >= 11 is 6.91. The fourth-order valence-corrected chi connectivity index (χ4v) is 7.09. The number of thiophene rings is 1. The molecule has 1 saturated heterocycles. The highest BCUT2D eigenvalue weighted by atomic mass is 35.5. The molecule has 122 valence electrons. The van der Waals surface area contributed by atoms with E-state index in [1.807, 2.05) is 0 Å². The van der Waals surface area contributed by atoms with Crippen molar-refractivity contribution >= 4 is 38.9 Å². The Morgan fingerprint density at radius 3 is 2.73 bits per heavy atom. The van der Waals surface area contributed by atoms with Crippen molar-refractivity contribution in [2.75, 3.05) is 7.11 Å². The smallest absolute Gasteiger partial charge is 0.324 e. The number of hydrogen-bond donors (Lipinski definition) is 0. The zero-order valence-corrected chi connectivity index (χ0v) is 14.6. The Bertz CT molecular complexity index is 672. The average Bonchev–Trinajstić information content (AvgIpc) is 3.10. The van der Waals surface area contributed by atoms with E-state index in [1.54, 1.807) is 6.07 Å². The van der Waals surface area contributed by atoms with E-state index < -0.39 is 22.0 Å². The van der Waals surface area contributed by atoms with Crippen molar-refractivity contribution in [1.82, 2.24) is 4.31 Å². The van der Waals surface area contributed by atoms with Gasteiger partial charge in [0.2, 0.25) is 0 Å². The molecule has 2 fully saturated rings. The molecule has 3 atom stereocenters. The molecule has 0 radical (unpaired) electrons. The van der Waals surface area contributed by atoms with Gasteiger partial charge in [0.15, 0.2) is 0 Å². The quantitative estimate of drug-likeness (QED) is 0.774. The van der Waals surface area contributed by atoms with Crippen molar-refractivity contribution in [3.05, 3.63) is 16.5 Å². The van der Waals surface area contributed by atoms with E-state index in [1.165, 1.54) is 17.5 Å². The summed E-state index contributed by atoms with van der Waals surface area (Å²) in [6.45, 7) is 0. The Morgan fingerprint density at radius 1 is 1.36 bits per heavy atom. The summed E-state index contributed by atoms with van der Waals surface area (Å²) in [7, 11) is -2.42. The largest absolute Gasteiger partial charge is 0.468 e. The molecule has 0 aromatic carbocycles. The lowest BCUT2D eigenvalue weighted by molar-refractivity contribution is -0.144. The number of fused-ring (bicyclic) bond motifs is 1. The molecule has 1 aromatic rings. The summed E-state index contributed by atoms with van der Waals surface area (Å²) in [6, 6.07) is 2.25. The maximum atomic E-state index is 13.0. The summed E-state index contributed by atoms with van der Waals surface area (Å²) in [5.74, 6) is -0.233. The van der Waals surface area contributed by atoms with Gasteiger partial charge in [-0.25, -0.2) is 8.42 Å². The highest BCUT2D eigenvalue weighted by Crippen LogP contribution is 2.44. The van der Waals surface area contributed by atoms with E-state index in [4.69, 9.17) is 16.3 Å². The molecule has 1 saturated carbocycles. The molecule has 1 aliphatic heterocycles. The molecule has 0 bridgehead atoms. The lowest BCUT2D eigenvalue weighted by atomic mass is 9.85. The van der Waals surface area contributed by atoms with Crippen molar-refractivity contribution in [2.45, 2.75) is 48.4 Å². The zero-order chi connectivity index (χ0) is 15.9. The molecule has 3 unspecified atom stereocenters. The first-order chi connectivity index (χ1) is 10.4. The number of nitrogens with zero attached hydrogens (tertiary/aromatic N) is 1. The van der Waals surface area contributed by atoms with E-state index in [2.05, 4.69) is 0 Å². The van der Waals surface area contributed by atoms with E-state index in [-0.39, 0.29) is 16.2 Å². The maximum absolute atomic E-state index is 13.0. The first-order valence-corrected chi connectivity index (χ1v) is 9.95. The molecule has 5 nitrogen and oxygen atoms in total. The van der Waals surface area contributed by atoms with Gasteiger partial charge < -0.3 is 4.74 Å². The molecule has 8 heteroatoms. The van der Waals surface area contributed by atoms with Gasteiger partial charge in [0.05, 0.1) is 11.4 Å². The van der Waals surface area contributed by atoms with Crippen LogP contribution < -0.4 is 0 Å². The third-order valence-electron chi connectivity index (χ3n) is 4.58. The van der Waals surface area contributed by atoms with Gasteiger partial charge in [0, 0.05) is 6.04 Å². The van der Waals surface area contributed by atoms with Gasteiger partial charge in [0.1, 0.15) is 10.3 Å². The van der Waals surface area contributed by atoms with Crippen LogP contribution in [0.2, 0.25) is 4.34 Å². The molecule has 3 rings (SSSR count). The van der Waals surface area contributed by atoms with Crippen LogP contribution in [0.3, 0.4) is 0 Å². The number of methoxy groups -OCH3 is 1. The normalized spacial score (nSPS) is 29.3. The fraction of sp³-hybridized carbons (Fsp3) is 0.643. The maximum Gasteiger partial charge on any atom is 0.324 e. The summed E-state index contributed by atoms with van der Waals surface area (Å²) in [5.41, 5.74) is 0. The number of carbonyl (C=O) groups is 1. The molecule has 1 aromatic heterocycles. The Hall–Kier alpha value is -0.630. The van der Waals surface area contributed by atoms with E-state index >= 15 is 0 Å². The van der Waals surface area contributed by atoms with Crippen molar-refractivity contribution < 1.29 is 17.9 Å². The molecule has 0 amide bonds. The lowest BCUT2D eigenvalue weighted by Gasteiger charge is -2.31. The first-order valence-electron chi connectivity index (χ1n) is 7.32. The van der Waals surface area contributed by atoms with Gasteiger partial charge in [-0.2, -0.15) is 4.31 Å². The van der Waals surface area contributed by atoms with Crippen molar-refractivity contribution in [3.63, 3.8) is 0 Å². The molecule has 2 aliphatic rings. The Morgan fingerprint density at radius 2 is 2.09 bits per heavy atom. The zero-order valence-electron chi connectivity index (χ0n) is 12.2. The summed E-state index contributed by atoms with van der Waals surface area (Å²) < 4.78 is 32.9. The number of halogens is 1. The Kier molecular flexibility index (Phi) is 4.51. The van der Waals surface area contributed by atoms with Gasteiger partial charge in [0.25, 0.3) is 10.0 Å². The average molecular weight is 364 g/mol. The van der Waals surface area contributed by atoms with Crippen LogP contribution in [0.1, 0.15) is 32.1 Å². The predicted octanol–water partition coefficient (Wildman–Crippen LogP) is 2.90. The second-order valence-electron chi connectivity index (χ2n) is 5.78.